The molecule has 2 fully saturated rings. The lowest BCUT2D eigenvalue weighted by atomic mass is 10.1. The number of thioether (sulfide) groups is 1. The molecular weight excluding hydrogens is 314 g/mol. The molecule has 2 aliphatic heterocycles. The van der Waals surface area contributed by atoms with Crippen LogP contribution in [-0.2, 0) is 16.1 Å². The lowest BCUT2D eigenvalue weighted by molar-refractivity contribution is -0.138. The van der Waals surface area contributed by atoms with Gasteiger partial charge in [-0.2, -0.15) is 0 Å². The second-order valence-electron chi connectivity index (χ2n) is 6.43. The van der Waals surface area contributed by atoms with Gasteiger partial charge in [-0.05, 0) is 38.8 Å². The fourth-order valence-electron chi connectivity index (χ4n) is 3.41. The van der Waals surface area contributed by atoms with E-state index in [1.165, 1.54) is 0 Å². The van der Waals surface area contributed by atoms with E-state index >= 15 is 0 Å². The molecule has 1 aromatic rings. The average molecular weight is 335 g/mol. The molecule has 0 aliphatic carbocycles. The van der Waals surface area contributed by atoms with Crippen LogP contribution in [0, 0.1) is 13.8 Å². The van der Waals surface area contributed by atoms with Crippen molar-refractivity contribution in [3.8, 4) is 0 Å². The fraction of sp³-hybridized carbons (Fsp3) is 0.562. The van der Waals surface area contributed by atoms with Crippen LogP contribution in [0.25, 0.3) is 0 Å². The van der Waals surface area contributed by atoms with Crippen LogP contribution < -0.4 is 10.9 Å². The molecule has 2 atom stereocenters. The summed E-state index contributed by atoms with van der Waals surface area (Å²) in [5.74, 6) is 0.468. The molecule has 0 spiro atoms. The topological polar surface area (TPSA) is 82.3 Å². The molecule has 0 aromatic carbocycles. The molecule has 2 saturated heterocycles. The summed E-state index contributed by atoms with van der Waals surface area (Å²) in [6, 6.07) is 1.44. The van der Waals surface area contributed by atoms with Gasteiger partial charge < -0.3 is 15.2 Å². The number of hydrogen-bond acceptors (Lipinski definition) is 4. The number of nitrogens with zero attached hydrogens (tertiary/aromatic N) is 1. The highest BCUT2D eigenvalue weighted by molar-refractivity contribution is 8.01. The highest BCUT2D eigenvalue weighted by atomic mass is 32.2. The van der Waals surface area contributed by atoms with Crippen LogP contribution in [-0.4, -0.2) is 38.4 Å². The number of nitrogens with one attached hydrogen (secondary N) is 2. The second kappa shape index (κ2) is 5.70. The molecule has 2 aliphatic rings. The molecular formula is C16H21N3O3S. The maximum atomic E-state index is 12.5. The highest BCUT2D eigenvalue weighted by Gasteiger charge is 2.52. The molecule has 0 unspecified atom stereocenters. The Labute approximate surface area is 139 Å². The predicted octanol–water partition coefficient (Wildman–Crippen LogP) is 1.06. The highest BCUT2D eigenvalue weighted by Crippen LogP contribution is 2.47. The van der Waals surface area contributed by atoms with Crippen molar-refractivity contribution >= 4 is 23.6 Å². The Morgan fingerprint density at radius 1 is 1.48 bits per heavy atom. The first-order chi connectivity index (χ1) is 10.8. The number of aryl methyl sites for hydroxylation is 2. The van der Waals surface area contributed by atoms with Gasteiger partial charge in [0.25, 0.3) is 5.56 Å². The largest absolute Gasteiger partial charge is 0.350 e. The number of aromatic amines is 1. The lowest BCUT2D eigenvalue weighted by Gasteiger charge is -2.29. The van der Waals surface area contributed by atoms with E-state index in [2.05, 4.69) is 10.3 Å². The fourth-order valence-corrected chi connectivity index (χ4v) is 4.84. The number of amides is 2. The lowest BCUT2D eigenvalue weighted by Crippen LogP contribution is -2.50. The Morgan fingerprint density at radius 3 is 2.91 bits per heavy atom. The van der Waals surface area contributed by atoms with E-state index < -0.39 is 6.04 Å². The van der Waals surface area contributed by atoms with Gasteiger partial charge in [-0.3, -0.25) is 14.4 Å². The van der Waals surface area contributed by atoms with E-state index in [1.807, 2.05) is 26.8 Å². The number of pyridine rings is 1. The first kappa shape index (κ1) is 16.1. The quantitative estimate of drug-likeness (QED) is 0.865. The van der Waals surface area contributed by atoms with Crippen molar-refractivity contribution in [2.75, 3.05) is 5.75 Å². The summed E-state index contributed by atoms with van der Waals surface area (Å²) in [6.45, 7) is 5.88. The van der Waals surface area contributed by atoms with E-state index in [-0.39, 0.29) is 28.8 Å². The van der Waals surface area contributed by atoms with Gasteiger partial charge in [0.2, 0.25) is 11.8 Å². The van der Waals surface area contributed by atoms with E-state index in [1.54, 1.807) is 16.7 Å². The minimum absolute atomic E-state index is 0.0435. The smallest absolute Gasteiger partial charge is 0.253 e. The third-order valence-electron chi connectivity index (χ3n) is 4.68. The minimum atomic E-state index is -0.440. The van der Waals surface area contributed by atoms with E-state index in [4.69, 9.17) is 0 Å². The number of rotatable bonds is 3. The second-order valence-corrected chi connectivity index (χ2v) is 7.93. The SMILES string of the molecule is Cc1cc(C)c(CNC(=O)[C@@H]2CS[C@@]3(C)CCC(=O)N23)c(=O)[nH]1. The normalized spacial score (nSPS) is 26.5. The Bertz CT molecular complexity index is 730. The van der Waals surface area contributed by atoms with Crippen LogP contribution in [0.15, 0.2) is 10.9 Å². The number of carbonyl (C=O) groups excluding carboxylic acids is 2. The van der Waals surface area contributed by atoms with Gasteiger partial charge in [-0.1, -0.05) is 0 Å². The van der Waals surface area contributed by atoms with E-state index in [9.17, 15) is 14.4 Å². The van der Waals surface area contributed by atoms with Gasteiger partial charge in [-0.25, -0.2) is 0 Å². The van der Waals surface area contributed by atoms with Crippen LogP contribution in [0.2, 0.25) is 0 Å². The third-order valence-corrected chi connectivity index (χ3v) is 6.19. The van der Waals surface area contributed by atoms with Crippen molar-refractivity contribution in [3.05, 3.63) is 33.2 Å². The van der Waals surface area contributed by atoms with Gasteiger partial charge in [0, 0.05) is 30.0 Å². The number of aromatic nitrogens is 1. The summed E-state index contributed by atoms with van der Waals surface area (Å²) in [7, 11) is 0. The molecule has 124 valence electrons. The summed E-state index contributed by atoms with van der Waals surface area (Å²) in [5.41, 5.74) is 2.04. The van der Waals surface area contributed by atoms with Gasteiger partial charge in [0.1, 0.15) is 6.04 Å². The first-order valence-electron chi connectivity index (χ1n) is 7.75. The minimum Gasteiger partial charge on any atom is -0.350 e. The summed E-state index contributed by atoms with van der Waals surface area (Å²) >= 11 is 1.66. The number of fused-ring (bicyclic) bond motifs is 1. The average Bonchev–Trinajstić information content (AvgIpc) is 2.95. The number of carbonyl (C=O) groups is 2. The molecule has 3 rings (SSSR count). The van der Waals surface area contributed by atoms with Crippen molar-refractivity contribution in [2.45, 2.75) is 51.1 Å². The van der Waals surface area contributed by atoms with Gasteiger partial charge in [0.05, 0.1) is 4.87 Å². The molecule has 3 heterocycles. The summed E-state index contributed by atoms with van der Waals surface area (Å²) in [4.78, 5) is 40.8. The number of H-pyrrole nitrogens is 1. The zero-order chi connectivity index (χ0) is 16.8. The summed E-state index contributed by atoms with van der Waals surface area (Å²) in [6.07, 6.45) is 1.29. The van der Waals surface area contributed by atoms with Crippen LogP contribution >= 0.6 is 11.8 Å². The van der Waals surface area contributed by atoms with Crippen molar-refractivity contribution in [1.29, 1.82) is 0 Å². The Hall–Kier alpha value is -1.76. The Kier molecular flexibility index (Phi) is 4.00. The van der Waals surface area contributed by atoms with Crippen molar-refractivity contribution in [2.24, 2.45) is 0 Å². The summed E-state index contributed by atoms with van der Waals surface area (Å²) in [5, 5.41) is 2.83. The van der Waals surface area contributed by atoms with Crippen LogP contribution in [0.1, 0.15) is 36.6 Å². The Balaban J connectivity index is 1.71. The van der Waals surface area contributed by atoms with Crippen molar-refractivity contribution < 1.29 is 9.59 Å². The molecule has 1 aromatic heterocycles. The standard InChI is InChI=1S/C16H21N3O3S/c1-9-6-10(2)18-14(21)11(9)7-17-15(22)12-8-23-16(3)5-4-13(20)19(12)16/h6,12H,4-5,7-8H2,1-3H3,(H,17,22)(H,18,21)/t12-,16-/m0/s1. The zero-order valence-electron chi connectivity index (χ0n) is 13.6. The Morgan fingerprint density at radius 2 is 2.22 bits per heavy atom. The van der Waals surface area contributed by atoms with Crippen LogP contribution in [0.4, 0.5) is 0 Å². The number of hydrogen-bond donors (Lipinski definition) is 2. The van der Waals surface area contributed by atoms with Crippen LogP contribution in [0.5, 0.6) is 0 Å². The van der Waals surface area contributed by atoms with Crippen molar-refractivity contribution in [3.63, 3.8) is 0 Å². The molecule has 2 N–H and O–H groups in total. The first-order valence-corrected chi connectivity index (χ1v) is 8.73. The van der Waals surface area contributed by atoms with Crippen LogP contribution in [0.3, 0.4) is 0 Å². The monoisotopic (exact) mass is 335 g/mol. The molecule has 23 heavy (non-hydrogen) atoms. The molecule has 6 nitrogen and oxygen atoms in total. The molecule has 0 saturated carbocycles. The van der Waals surface area contributed by atoms with E-state index in [0.717, 1.165) is 17.7 Å². The van der Waals surface area contributed by atoms with E-state index in [0.29, 0.717) is 17.7 Å². The maximum Gasteiger partial charge on any atom is 0.253 e. The molecule has 0 radical (unpaired) electrons. The maximum absolute atomic E-state index is 12.5. The van der Waals surface area contributed by atoms with Gasteiger partial charge in [0.15, 0.2) is 0 Å². The predicted molar refractivity (Wildman–Crippen MR) is 89.1 cm³/mol. The zero-order valence-corrected chi connectivity index (χ0v) is 14.4. The molecule has 2 amide bonds. The van der Waals surface area contributed by atoms with Gasteiger partial charge >= 0.3 is 0 Å². The van der Waals surface area contributed by atoms with Gasteiger partial charge in [-0.15, -0.1) is 11.8 Å². The third kappa shape index (κ3) is 2.78. The summed E-state index contributed by atoms with van der Waals surface area (Å²) < 4.78 is 0. The van der Waals surface area contributed by atoms with Crippen molar-refractivity contribution in [1.82, 2.24) is 15.2 Å². The molecule has 7 heteroatoms. The molecule has 0 bridgehead atoms.